The third-order valence-corrected chi connectivity index (χ3v) is 3.78. The number of nitrogens with one attached hydrogen (secondary N) is 1. The van der Waals surface area contributed by atoms with Gasteiger partial charge in [-0.3, -0.25) is 0 Å². The van der Waals surface area contributed by atoms with Crippen LogP contribution in [0.1, 0.15) is 36.4 Å². The van der Waals surface area contributed by atoms with Crippen molar-refractivity contribution in [3.05, 3.63) is 71.8 Å². The molecular weight excluding hydrogens is 302 g/mol. The smallest absolute Gasteiger partial charge is 0.328 e. The molecule has 2 aromatic carbocycles. The number of esters is 1. The molecule has 0 spiro atoms. The first-order chi connectivity index (χ1) is 11.8. The van der Waals surface area contributed by atoms with Crippen LogP contribution >= 0.6 is 0 Å². The Labute approximate surface area is 143 Å². The molecule has 128 valence electrons. The maximum absolute atomic E-state index is 12.5. The summed E-state index contributed by atoms with van der Waals surface area (Å²) in [5.74, 6) is -0.271. The van der Waals surface area contributed by atoms with Gasteiger partial charge < -0.3 is 15.2 Å². The molecular formula is C20H25NO3. The number of hydrogen-bond acceptors (Lipinski definition) is 4. The minimum atomic E-state index is -0.468. The lowest BCUT2D eigenvalue weighted by molar-refractivity contribution is -0.147. The van der Waals surface area contributed by atoms with E-state index in [-0.39, 0.29) is 19.2 Å². The predicted octanol–water partition coefficient (Wildman–Crippen LogP) is 3.22. The fraction of sp³-hybridized carbons (Fsp3) is 0.350. The van der Waals surface area contributed by atoms with Crippen molar-refractivity contribution in [3.63, 3.8) is 0 Å². The Hall–Kier alpha value is -2.17. The third kappa shape index (κ3) is 6.14. The number of ether oxygens (including phenoxy) is 1. The van der Waals surface area contributed by atoms with E-state index in [9.17, 15) is 4.79 Å². The van der Waals surface area contributed by atoms with E-state index in [1.807, 2.05) is 60.7 Å². The number of carbonyl (C=O) groups is 1. The van der Waals surface area contributed by atoms with Gasteiger partial charge >= 0.3 is 5.97 Å². The molecule has 0 saturated heterocycles. The van der Waals surface area contributed by atoms with Crippen molar-refractivity contribution < 1.29 is 14.6 Å². The Balaban J connectivity index is 1.92. The number of hydrogen-bond donors (Lipinski definition) is 2. The average molecular weight is 327 g/mol. The van der Waals surface area contributed by atoms with E-state index in [0.717, 1.165) is 30.4 Å². The molecule has 1 unspecified atom stereocenters. The van der Waals surface area contributed by atoms with Gasteiger partial charge in [-0.1, -0.05) is 60.7 Å². The fourth-order valence-corrected chi connectivity index (χ4v) is 2.45. The topological polar surface area (TPSA) is 58.6 Å². The summed E-state index contributed by atoms with van der Waals surface area (Å²) in [6, 6.07) is 18.8. The van der Waals surface area contributed by atoms with Crippen LogP contribution in [0.25, 0.3) is 0 Å². The maximum Gasteiger partial charge on any atom is 0.328 e. The number of carbonyl (C=O) groups excluding carboxylic acids is 1. The van der Waals surface area contributed by atoms with Gasteiger partial charge in [0, 0.05) is 6.61 Å². The standard InChI is InChI=1S/C20H25NO3/c22-15-9-3-8-14-21-19(18-12-6-2-7-13-18)20(23)24-16-17-10-4-1-5-11-17/h1-2,4-7,10-13,19,21-22H,3,8-9,14-16H2. The molecule has 0 aliphatic carbocycles. The normalized spacial score (nSPS) is 11.9. The summed E-state index contributed by atoms with van der Waals surface area (Å²) >= 11 is 0. The van der Waals surface area contributed by atoms with Crippen LogP contribution in [-0.4, -0.2) is 24.2 Å². The summed E-state index contributed by atoms with van der Waals surface area (Å²) in [5.41, 5.74) is 1.87. The molecule has 0 bridgehead atoms. The van der Waals surface area contributed by atoms with Crippen LogP contribution in [0.3, 0.4) is 0 Å². The second-order valence-electron chi connectivity index (χ2n) is 5.68. The molecule has 24 heavy (non-hydrogen) atoms. The molecule has 0 aliphatic rings. The Morgan fingerprint density at radius 1 is 0.958 bits per heavy atom. The summed E-state index contributed by atoms with van der Waals surface area (Å²) < 4.78 is 5.48. The lowest BCUT2D eigenvalue weighted by Gasteiger charge is -2.18. The number of aliphatic hydroxyl groups is 1. The molecule has 2 N–H and O–H groups in total. The van der Waals surface area contributed by atoms with Crippen LogP contribution in [0.5, 0.6) is 0 Å². The zero-order valence-electron chi connectivity index (χ0n) is 13.9. The zero-order valence-corrected chi connectivity index (χ0v) is 13.9. The van der Waals surface area contributed by atoms with Crippen LogP contribution in [0.2, 0.25) is 0 Å². The SMILES string of the molecule is O=C(OCc1ccccc1)C(NCCCCCO)c1ccccc1. The van der Waals surface area contributed by atoms with Gasteiger partial charge in [0.15, 0.2) is 0 Å². The first-order valence-electron chi connectivity index (χ1n) is 8.41. The van der Waals surface area contributed by atoms with Crippen molar-refractivity contribution in [1.29, 1.82) is 0 Å². The highest BCUT2D eigenvalue weighted by Crippen LogP contribution is 2.16. The summed E-state index contributed by atoms with van der Waals surface area (Å²) in [6.45, 7) is 1.19. The van der Waals surface area contributed by atoms with E-state index < -0.39 is 6.04 Å². The lowest BCUT2D eigenvalue weighted by Crippen LogP contribution is -2.31. The average Bonchev–Trinajstić information content (AvgIpc) is 2.64. The van der Waals surface area contributed by atoms with Crippen LogP contribution in [0.4, 0.5) is 0 Å². The molecule has 0 amide bonds. The molecule has 2 aromatic rings. The van der Waals surface area contributed by atoms with Crippen LogP contribution < -0.4 is 5.32 Å². The summed E-state index contributed by atoms with van der Waals surface area (Å²) in [6.07, 6.45) is 2.63. The molecule has 0 heterocycles. The highest BCUT2D eigenvalue weighted by molar-refractivity contribution is 5.77. The van der Waals surface area contributed by atoms with E-state index in [1.54, 1.807) is 0 Å². The second-order valence-corrected chi connectivity index (χ2v) is 5.68. The highest BCUT2D eigenvalue weighted by atomic mass is 16.5. The van der Waals surface area contributed by atoms with Crippen molar-refractivity contribution in [2.75, 3.05) is 13.2 Å². The first kappa shape index (κ1) is 18.2. The Kier molecular flexibility index (Phi) is 8.01. The lowest BCUT2D eigenvalue weighted by atomic mass is 10.1. The molecule has 2 rings (SSSR count). The monoisotopic (exact) mass is 327 g/mol. The van der Waals surface area contributed by atoms with Gasteiger partial charge in [0.25, 0.3) is 0 Å². The van der Waals surface area contributed by atoms with Gasteiger partial charge in [0.2, 0.25) is 0 Å². The van der Waals surface area contributed by atoms with E-state index in [1.165, 1.54) is 0 Å². The van der Waals surface area contributed by atoms with Gasteiger partial charge in [-0.15, -0.1) is 0 Å². The van der Waals surface area contributed by atoms with Crippen LogP contribution in [0.15, 0.2) is 60.7 Å². The molecule has 0 saturated carbocycles. The van der Waals surface area contributed by atoms with Gasteiger partial charge in [-0.25, -0.2) is 4.79 Å². The minimum Gasteiger partial charge on any atom is -0.459 e. The Morgan fingerprint density at radius 2 is 1.62 bits per heavy atom. The number of rotatable bonds is 10. The van der Waals surface area contributed by atoms with Crippen molar-refractivity contribution in [2.45, 2.75) is 31.9 Å². The van der Waals surface area contributed by atoms with Gasteiger partial charge in [-0.2, -0.15) is 0 Å². The fourth-order valence-electron chi connectivity index (χ4n) is 2.45. The van der Waals surface area contributed by atoms with Crippen LogP contribution in [0, 0.1) is 0 Å². The van der Waals surface area contributed by atoms with Crippen LogP contribution in [-0.2, 0) is 16.1 Å². The Bertz CT molecular complexity index is 586. The van der Waals surface area contributed by atoms with E-state index >= 15 is 0 Å². The van der Waals surface area contributed by atoms with Gasteiger partial charge in [-0.05, 0) is 36.9 Å². The van der Waals surface area contributed by atoms with Crippen molar-refractivity contribution in [3.8, 4) is 0 Å². The third-order valence-electron chi connectivity index (χ3n) is 3.78. The largest absolute Gasteiger partial charge is 0.459 e. The predicted molar refractivity (Wildman–Crippen MR) is 94.4 cm³/mol. The van der Waals surface area contributed by atoms with Crippen molar-refractivity contribution in [2.24, 2.45) is 0 Å². The summed E-state index contributed by atoms with van der Waals surface area (Å²) in [4.78, 5) is 12.5. The van der Waals surface area contributed by atoms with E-state index in [4.69, 9.17) is 9.84 Å². The molecule has 4 heteroatoms. The first-order valence-corrected chi connectivity index (χ1v) is 8.41. The molecule has 0 aliphatic heterocycles. The molecule has 0 radical (unpaired) electrons. The second kappa shape index (κ2) is 10.6. The number of aliphatic hydroxyl groups excluding tert-OH is 1. The van der Waals surface area contributed by atoms with E-state index in [0.29, 0.717) is 6.54 Å². The molecule has 1 atom stereocenters. The van der Waals surface area contributed by atoms with Crippen molar-refractivity contribution in [1.82, 2.24) is 5.32 Å². The Morgan fingerprint density at radius 3 is 2.29 bits per heavy atom. The molecule has 0 aromatic heterocycles. The van der Waals surface area contributed by atoms with E-state index in [2.05, 4.69) is 5.32 Å². The number of benzene rings is 2. The maximum atomic E-state index is 12.5. The highest BCUT2D eigenvalue weighted by Gasteiger charge is 2.21. The zero-order chi connectivity index (χ0) is 17.0. The molecule has 0 fully saturated rings. The van der Waals surface area contributed by atoms with Gasteiger partial charge in [0.1, 0.15) is 12.6 Å². The molecule has 4 nitrogen and oxygen atoms in total. The summed E-state index contributed by atoms with van der Waals surface area (Å²) in [5, 5.41) is 12.1. The minimum absolute atomic E-state index is 0.210. The van der Waals surface area contributed by atoms with Gasteiger partial charge in [0.05, 0.1) is 0 Å². The van der Waals surface area contributed by atoms with Crippen molar-refractivity contribution >= 4 is 5.97 Å². The quantitative estimate of drug-likeness (QED) is 0.520. The number of unbranched alkanes of at least 4 members (excludes halogenated alkanes) is 2. The summed E-state index contributed by atoms with van der Waals surface area (Å²) in [7, 11) is 0.